The van der Waals surface area contributed by atoms with Gasteiger partial charge in [0.15, 0.2) is 0 Å². The van der Waals surface area contributed by atoms with Crippen molar-refractivity contribution in [1.82, 2.24) is 4.90 Å². The summed E-state index contributed by atoms with van der Waals surface area (Å²) in [7, 11) is 0. The number of carbonyl (C=O) groups excluding carboxylic acids is 1. The van der Waals surface area contributed by atoms with Crippen molar-refractivity contribution in [2.75, 3.05) is 6.61 Å². The highest BCUT2D eigenvalue weighted by Gasteiger charge is 2.59. The zero-order valence-corrected chi connectivity index (χ0v) is 18.6. The summed E-state index contributed by atoms with van der Waals surface area (Å²) >= 11 is 0. The molecule has 3 heteroatoms. The number of fused-ring (bicyclic) bond motifs is 3. The molecule has 1 heterocycles. The third-order valence-corrected chi connectivity index (χ3v) is 9.56. The highest BCUT2D eigenvalue weighted by molar-refractivity contribution is 5.81. The Labute approximate surface area is 178 Å². The van der Waals surface area contributed by atoms with Gasteiger partial charge < -0.3 is 4.74 Å². The summed E-state index contributed by atoms with van der Waals surface area (Å²) < 4.78 is 6.22. The molecule has 4 atom stereocenters. The average molecular weight is 402 g/mol. The minimum atomic E-state index is -0.288. The maximum Gasteiger partial charge on any atom is 0.326 e. The fourth-order valence-corrected chi connectivity index (χ4v) is 8.24. The molecular weight excluding hydrogens is 358 g/mol. The molecule has 4 unspecified atom stereocenters. The quantitative estimate of drug-likeness (QED) is 0.522. The van der Waals surface area contributed by atoms with Gasteiger partial charge in [0.1, 0.15) is 5.54 Å². The third kappa shape index (κ3) is 3.79. The smallest absolute Gasteiger partial charge is 0.326 e. The van der Waals surface area contributed by atoms with Crippen molar-refractivity contribution in [3.63, 3.8) is 0 Å². The number of nitrogens with zero attached hydrogens (tertiary/aromatic N) is 1. The van der Waals surface area contributed by atoms with Crippen LogP contribution in [-0.4, -0.2) is 35.1 Å². The Morgan fingerprint density at radius 3 is 1.83 bits per heavy atom. The predicted octanol–water partition coefficient (Wildman–Crippen LogP) is 6.25. The number of rotatable bonds is 4. The van der Waals surface area contributed by atoms with Crippen LogP contribution in [0.4, 0.5) is 0 Å². The van der Waals surface area contributed by atoms with Crippen LogP contribution in [0.25, 0.3) is 0 Å². The Balaban J connectivity index is 1.39. The number of carbonyl (C=O) groups is 1. The molecule has 0 radical (unpaired) electrons. The first-order valence-corrected chi connectivity index (χ1v) is 13.3. The Morgan fingerprint density at radius 2 is 1.21 bits per heavy atom. The van der Waals surface area contributed by atoms with Crippen LogP contribution in [-0.2, 0) is 9.53 Å². The molecule has 5 fully saturated rings. The molecule has 0 aromatic carbocycles. The second-order valence-corrected chi connectivity index (χ2v) is 11.1. The number of esters is 1. The minimum absolute atomic E-state index is 0.179. The van der Waals surface area contributed by atoms with Crippen LogP contribution in [0.2, 0.25) is 0 Å². The number of hydrogen-bond acceptors (Lipinski definition) is 3. The van der Waals surface area contributed by atoms with E-state index in [0.29, 0.717) is 24.6 Å². The van der Waals surface area contributed by atoms with Crippen molar-refractivity contribution < 1.29 is 9.53 Å². The maximum absolute atomic E-state index is 13.8. The van der Waals surface area contributed by atoms with Gasteiger partial charge in [-0.05, 0) is 69.1 Å². The molecule has 164 valence electrons. The van der Waals surface area contributed by atoms with Crippen molar-refractivity contribution in [2.45, 2.75) is 133 Å². The molecule has 5 aliphatic rings. The van der Waals surface area contributed by atoms with Gasteiger partial charge in [0.2, 0.25) is 0 Å². The molecule has 0 bridgehead atoms. The van der Waals surface area contributed by atoms with Crippen LogP contribution in [0, 0.1) is 17.8 Å². The van der Waals surface area contributed by atoms with Crippen molar-refractivity contribution in [1.29, 1.82) is 0 Å². The molecule has 5 rings (SSSR count). The van der Waals surface area contributed by atoms with E-state index in [0.717, 1.165) is 24.7 Å². The Morgan fingerprint density at radius 1 is 0.690 bits per heavy atom. The molecule has 0 spiro atoms. The van der Waals surface area contributed by atoms with Crippen molar-refractivity contribution in [3.8, 4) is 0 Å². The van der Waals surface area contributed by atoms with Gasteiger partial charge in [0.05, 0.1) is 6.61 Å². The van der Waals surface area contributed by atoms with Crippen molar-refractivity contribution >= 4 is 5.97 Å². The monoisotopic (exact) mass is 401 g/mol. The second-order valence-electron chi connectivity index (χ2n) is 11.1. The summed E-state index contributed by atoms with van der Waals surface area (Å²) in [6, 6.07) is 1.33. The lowest BCUT2D eigenvalue weighted by molar-refractivity contribution is -0.167. The first-order valence-electron chi connectivity index (χ1n) is 13.3. The van der Waals surface area contributed by atoms with Crippen LogP contribution < -0.4 is 0 Å². The Kier molecular flexibility index (Phi) is 6.23. The van der Waals surface area contributed by atoms with Crippen molar-refractivity contribution in [3.05, 3.63) is 0 Å². The van der Waals surface area contributed by atoms with Crippen LogP contribution >= 0.6 is 0 Å². The molecule has 1 aliphatic heterocycles. The van der Waals surface area contributed by atoms with Gasteiger partial charge in [-0.25, -0.2) is 0 Å². The van der Waals surface area contributed by atoms with Crippen LogP contribution in [0.3, 0.4) is 0 Å². The van der Waals surface area contributed by atoms with Gasteiger partial charge >= 0.3 is 5.97 Å². The summed E-state index contributed by atoms with van der Waals surface area (Å²) in [6.07, 6.45) is 23.4. The minimum Gasteiger partial charge on any atom is -0.464 e. The summed E-state index contributed by atoms with van der Waals surface area (Å²) in [6.45, 7) is 0.691. The fraction of sp³-hybridized carbons (Fsp3) is 0.962. The summed E-state index contributed by atoms with van der Waals surface area (Å²) in [5.74, 6) is 2.52. The molecule has 4 aliphatic carbocycles. The first kappa shape index (κ1) is 20.3. The largest absolute Gasteiger partial charge is 0.464 e. The SMILES string of the molecule is O=C(OCC1CCCCC1)C1(N2C3CCCCC3C3CCCCC32)CCCCC1. The zero-order valence-electron chi connectivity index (χ0n) is 18.6. The third-order valence-electron chi connectivity index (χ3n) is 9.56. The fourth-order valence-electron chi connectivity index (χ4n) is 8.24. The molecule has 29 heavy (non-hydrogen) atoms. The predicted molar refractivity (Wildman–Crippen MR) is 117 cm³/mol. The first-order chi connectivity index (χ1) is 14.3. The van der Waals surface area contributed by atoms with Gasteiger partial charge in [-0.1, -0.05) is 64.2 Å². The van der Waals surface area contributed by atoms with E-state index in [9.17, 15) is 4.79 Å². The van der Waals surface area contributed by atoms with E-state index in [1.54, 1.807) is 0 Å². The highest BCUT2D eigenvalue weighted by atomic mass is 16.5. The topological polar surface area (TPSA) is 29.5 Å². The van der Waals surface area contributed by atoms with E-state index in [2.05, 4.69) is 4.90 Å². The van der Waals surface area contributed by atoms with Crippen LogP contribution in [0.1, 0.15) is 116 Å². The summed E-state index contributed by atoms with van der Waals surface area (Å²) in [5, 5.41) is 0. The summed E-state index contributed by atoms with van der Waals surface area (Å²) in [5.41, 5.74) is -0.288. The van der Waals surface area contributed by atoms with E-state index in [1.165, 1.54) is 103 Å². The van der Waals surface area contributed by atoms with E-state index in [-0.39, 0.29) is 11.5 Å². The second kappa shape index (κ2) is 8.89. The van der Waals surface area contributed by atoms with Crippen LogP contribution in [0.15, 0.2) is 0 Å². The van der Waals surface area contributed by atoms with E-state index < -0.39 is 0 Å². The molecule has 0 amide bonds. The van der Waals surface area contributed by atoms with Gasteiger partial charge in [-0.2, -0.15) is 0 Å². The summed E-state index contributed by atoms with van der Waals surface area (Å²) in [4.78, 5) is 16.7. The molecule has 3 nitrogen and oxygen atoms in total. The Bertz CT molecular complexity index is 541. The molecule has 0 aromatic rings. The van der Waals surface area contributed by atoms with Crippen molar-refractivity contribution in [2.24, 2.45) is 17.8 Å². The molecular formula is C26H43NO2. The maximum atomic E-state index is 13.8. The number of ether oxygens (including phenoxy) is 1. The molecule has 0 N–H and O–H groups in total. The Hall–Kier alpha value is -0.570. The molecule has 4 saturated carbocycles. The average Bonchev–Trinajstić information content (AvgIpc) is 3.13. The number of likely N-dealkylation sites (tertiary alicyclic amines) is 1. The lowest BCUT2D eigenvalue weighted by Gasteiger charge is -2.49. The standard InChI is InChI=1S/C26H43NO2/c28-25(29-19-20-11-3-1-4-12-20)26(17-9-2-10-18-26)27-23-15-7-5-13-21(23)22-14-6-8-16-24(22)27/h20-24H,1-19H2. The van der Waals surface area contributed by atoms with E-state index in [4.69, 9.17) is 4.74 Å². The van der Waals surface area contributed by atoms with Crippen LogP contribution in [0.5, 0.6) is 0 Å². The molecule has 0 aromatic heterocycles. The lowest BCUT2D eigenvalue weighted by Crippen LogP contribution is -2.62. The number of hydrogen-bond donors (Lipinski definition) is 0. The van der Waals surface area contributed by atoms with Gasteiger partial charge in [0, 0.05) is 12.1 Å². The molecule has 1 saturated heterocycles. The van der Waals surface area contributed by atoms with Gasteiger partial charge in [-0.3, -0.25) is 9.69 Å². The zero-order chi connectivity index (χ0) is 19.7. The highest BCUT2D eigenvalue weighted by Crippen LogP contribution is 2.54. The van der Waals surface area contributed by atoms with E-state index >= 15 is 0 Å². The van der Waals surface area contributed by atoms with E-state index in [1.807, 2.05) is 0 Å². The van der Waals surface area contributed by atoms with Gasteiger partial charge in [0.25, 0.3) is 0 Å². The lowest BCUT2D eigenvalue weighted by atomic mass is 9.73. The van der Waals surface area contributed by atoms with Gasteiger partial charge in [-0.15, -0.1) is 0 Å². The normalized spacial score (nSPS) is 38.2.